The van der Waals surface area contributed by atoms with Crippen molar-refractivity contribution in [1.82, 2.24) is 15.5 Å². The zero-order valence-electron chi connectivity index (χ0n) is 15.7. The number of carbonyl (C=O) groups excluding carboxylic acids is 3. The molecule has 0 saturated carbocycles. The van der Waals surface area contributed by atoms with E-state index in [0.717, 1.165) is 5.56 Å². The summed E-state index contributed by atoms with van der Waals surface area (Å²) in [7, 11) is 3.22. The van der Waals surface area contributed by atoms with Gasteiger partial charge in [0.05, 0.1) is 6.54 Å². The molecule has 1 heterocycles. The highest BCUT2D eigenvalue weighted by atomic mass is 16.7. The summed E-state index contributed by atoms with van der Waals surface area (Å²) in [4.78, 5) is 37.6. The van der Waals surface area contributed by atoms with Crippen molar-refractivity contribution in [2.75, 3.05) is 27.4 Å². The van der Waals surface area contributed by atoms with Crippen LogP contribution in [0.15, 0.2) is 42.5 Å². The molecule has 146 valence electrons. The normalized spacial score (nSPS) is 11.6. The molecule has 0 aromatic heterocycles. The minimum atomic E-state index is -0.366. The van der Waals surface area contributed by atoms with Gasteiger partial charge in [0.15, 0.2) is 11.5 Å². The van der Waals surface area contributed by atoms with Crippen LogP contribution in [0.5, 0.6) is 11.5 Å². The molecular formula is C20H21N3O5. The summed E-state index contributed by atoms with van der Waals surface area (Å²) in [5.41, 5.74) is 1.83. The van der Waals surface area contributed by atoms with Crippen LogP contribution in [-0.2, 0) is 11.3 Å². The number of rotatable bonds is 6. The lowest BCUT2D eigenvalue weighted by atomic mass is 10.1. The van der Waals surface area contributed by atoms with E-state index in [2.05, 4.69) is 10.6 Å². The molecule has 0 spiro atoms. The molecule has 0 atom stereocenters. The summed E-state index contributed by atoms with van der Waals surface area (Å²) in [6.45, 7) is 0.376. The Kier molecular flexibility index (Phi) is 5.78. The molecule has 0 fully saturated rings. The third kappa shape index (κ3) is 4.40. The van der Waals surface area contributed by atoms with E-state index in [0.29, 0.717) is 29.2 Å². The molecule has 0 aliphatic carbocycles. The van der Waals surface area contributed by atoms with E-state index < -0.39 is 0 Å². The van der Waals surface area contributed by atoms with E-state index in [1.807, 2.05) is 0 Å². The maximum absolute atomic E-state index is 12.3. The number of nitrogens with one attached hydrogen (secondary N) is 2. The van der Waals surface area contributed by atoms with Crippen molar-refractivity contribution in [1.29, 1.82) is 0 Å². The number of ether oxygens (including phenoxy) is 2. The zero-order chi connectivity index (χ0) is 20.1. The predicted octanol–water partition coefficient (Wildman–Crippen LogP) is 1.16. The van der Waals surface area contributed by atoms with Gasteiger partial charge in [0.1, 0.15) is 0 Å². The largest absolute Gasteiger partial charge is 0.454 e. The molecular weight excluding hydrogens is 362 g/mol. The fraction of sp³-hybridized carbons (Fsp3) is 0.250. The van der Waals surface area contributed by atoms with Gasteiger partial charge in [-0.1, -0.05) is 12.1 Å². The molecule has 0 bridgehead atoms. The molecule has 3 amide bonds. The minimum absolute atomic E-state index is 0.125. The Hall–Kier alpha value is -3.55. The van der Waals surface area contributed by atoms with Crippen LogP contribution >= 0.6 is 0 Å². The highest BCUT2D eigenvalue weighted by Crippen LogP contribution is 2.32. The van der Waals surface area contributed by atoms with Crippen molar-refractivity contribution in [2.24, 2.45) is 0 Å². The Morgan fingerprint density at radius 1 is 0.964 bits per heavy atom. The third-order valence-corrected chi connectivity index (χ3v) is 4.32. The molecule has 2 aromatic rings. The van der Waals surface area contributed by atoms with Crippen LogP contribution in [0.1, 0.15) is 26.3 Å². The zero-order valence-corrected chi connectivity index (χ0v) is 15.7. The highest BCUT2D eigenvalue weighted by molar-refractivity contribution is 5.97. The number of hydrogen-bond donors (Lipinski definition) is 2. The molecule has 8 nitrogen and oxygen atoms in total. The van der Waals surface area contributed by atoms with E-state index >= 15 is 0 Å². The standard InChI is InChI=1S/C20H21N3O5/c1-21-19(25)14-5-3-13(4-6-14)11-23(2)18(24)10-22-20(26)15-7-8-16-17(9-15)28-12-27-16/h3-9H,10-12H2,1-2H3,(H,21,25)(H,22,26). The fourth-order valence-electron chi connectivity index (χ4n) is 2.70. The van der Waals surface area contributed by atoms with E-state index in [1.54, 1.807) is 56.6 Å². The lowest BCUT2D eigenvalue weighted by Gasteiger charge is -2.18. The predicted molar refractivity (Wildman–Crippen MR) is 101 cm³/mol. The summed E-state index contributed by atoms with van der Waals surface area (Å²) < 4.78 is 10.5. The van der Waals surface area contributed by atoms with Gasteiger partial charge >= 0.3 is 0 Å². The first-order valence-corrected chi connectivity index (χ1v) is 8.71. The monoisotopic (exact) mass is 383 g/mol. The van der Waals surface area contributed by atoms with E-state index in [1.165, 1.54) is 4.90 Å². The second kappa shape index (κ2) is 8.43. The number of fused-ring (bicyclic) bond motifs is 1. The van der Waals surface area contributed by atoms with Crippen molar-refractivity contribution < 1.29 is 23.9 Å². The van der Waals surface area contributed by atoms with Gasteiger partial charge in [-0.3, -0.25) is 14.4 Å². The summed E-state index contributed by atoms with van der Waals surface area (Å²) in [6.07, 6.45) is 0. The molecule has 8 heteroatoms. The second-order valence-electron chi connectivity index (χ2n) is 6.28. The number of likely N-dealkylation sites (N-methyl/N-ethyl adjacent to an activating group) is 1. The van der Waals surface area contributed by atoms with Gasteiger partial charge in [-0.05, 0) is 35.9 Å². The molecule has 0 saturated heterocycles. The molecule has 0 radical (unpaired) electrons. The first-order valence-electron chi connectivity index (χ1n) is 8.71. The van der Waals surface area contributed by atoms with Gasteiger partial charge in [-0.2, -0.15) is 0 Å². The van der Waals surface area contributed by atoms with Gasteiger partial charge in [0, 0.05) is 31.8 Å². The number of carbonyl (C=O) groups is 3. The Morgan fingerprint density at radius 2 is 1.64 bits per heavy atom. The highest BCUT2D eigenvalue weighted by Gasteiger charge is 2.17. The summed E-state index contributed by atoms with van der Waals surface area (Å²) in [5.74, 6) is 0.341. The molecule has 1 aliphatic heterocycles. The number of nitrogens with zero attached hydrogens (tertiary/aromatic N) is 1. The molecule has 2 aromatic carbocycles. The molecule has 3 rings (SSSR count). The van der Waals surface area contributed by atoms with Gasteiger partial charge < -0.3 is 25.0 Å². The van der Waals surface area contributed by atoms with Crippen molar-refractivity contribution in [2.45, 2.75) is 6.54 Å². The Bertz CT molecular complexity index is 895. The Labute approximate surface area is 162 Å². The van der Waals surface area contributed by atoms with Crippen LogP contribution in [0.3, 0.4) is 0 Å². The SMILES string of the molecule is CNC(=O)c1ccc(CN(C)C(=O)CNC(=O)c2ccc3c(c2)OCO3)cc1. The average molecular weight is 383 g/mol. The van der Waals surface area contributed by atoms with E-state index in [9.17, 15) is 14.4 Å². The maximum Gasteiger partial charge on any atom is 0.251 e. The Morgan fingerprint density at radius 3 is 2.36 bits per heavy atom. The lowest BCUT2D eigenvalue weighted by Crippen LogP contribution is -2.37. The topological polar surface area (TPSA) is 97.0 Å². The van der Waals surface area contributed by atoms with Gasteiger partial charge in [-0.25, -0.2) is 0 Å². The van der Waals surface area contributed by atoms with E-state index in [4.69, 9.17) is 9.47 Å². The van der Waals surface area contributed by atoms with E-state index in [-0.39, 0.29) is 31.1 Å². The average Bonchev–Trinajstić information content (AvgIpc) is 3.19. The summed E-state index contributed by atoms with van der Waals surface area (Å²) in [5, 5.41) is 5.16. The molecule has 0 unspecified atom stereocenters. The smallest absolute Gasteiger partial charge is 0.251 e. The van der Waals surface area contributed by atoms with Crippen LogP contribution in [0.25, 0.3) is 0 Å². The Balaban J connectivity index is 1.51. The second-order valence-corrected chi connectivity index (χ2v) is 6.28. The van der Waals surface area contributed by atoms with Crippen molar-refractivity contribution in [3.63, 3.8) is 0 Å². The number of hydrogen-bond acceptors (Lipinski definition) is 5. The number of amides is 3. The molecule has 2 N–H and O–H groups in total. The van der Waals surface area contributed by atoms with Gasteiger partial charge in [0.25, 0.3) is 11.8 Å². The quantitative estimate of drug-likeness (QED) is 0.780. The fourth-order valence-corrected chi connectivity index (χ4v) is 2.70. The van der Waals surface area contributed by atoms with Crippen LogP contribution in [-0.4, -0.2) is 50.1 Å². The first-order chi connectivity index (χ1) is 13.5. The minimum Gasteiger partial charge on any atom is -0.454 e. The van der Waals surface area contributed by atoms with Crippen molar-refractivity contribution in [3.05, 3.63) is 59.2 Å². The molecule has 1 aliphatic rings. The number of benzene rings is 2. The van der Waals surface area contributed by atoms with Crippen LogP contribution in [0, 0.1) is 0 Å². The summed E-state index contributed by atoms with van der Waals surface area (Å²) in [6, 6.07) is 11.8. The van der Waals surface area contributed by atoms with Crippen LogP contribution < -0.4 is 20.1 Å². The lowest BCUT2D eigenvalue weighted by molar-refractivity contribution is -0.129. The molecule has 28 heavy (non-hydrogen) atoms. The first kappa shape index (κ1) is 19.2. The van der Waals surface area contributed by atoms with Gasteiger partial charge in [-0.15, -0.1) is 0 Å². The third-order valence-electron chi connectivity index (χ3n) is 4.32. The maximum atomic E-state index is 12.3. The van der Waals surface area contributed by atoms with Crippen molar-refractivity contribution >= 4 is 17.7 Å². The van der Waals surface area contributed by atoms with Crippen LogP contribution in [0.4, 0.5) is 0 Å². The van der Waals surface area contributed by atoms with Crippen LogP contribution in [0.2, 0.25) is 0 Å². The summed E-state index contributed by atoms with van der Waals surface area (Å²) >= 11 is 0. The van der Waals surface area contributed by atoms with Gasteiger partial charge in [0.2, 0.25) is 12.7 Å². The van der Waals surface area contributed by atoms with Crippen molar-refractivity contribution in [3.8, 4) is 11.5 Å².